The summed E-state index contributed by atoms with van der Waals surface area (Å²) in [6, 6.07) is 0. The molecule has 2 heteroatoms. The van der Waals surface area contributed by atoms with Crippen molar-refractivity contribution >= 4 is 5.97 Å². The van der Waals surface area contributed by atoms with E-state index >= 15 is 0 Å². The lowest BCUT2D eigenvalue weighted by molar-refractivity contribution is -0.147. The fourth-order valence-corrected chi connectivity index (χ4v) is 1.92. The zero-order valence-electron chi connectivity index (χ0n) is 10.6. The lowest BCUT2D eigenvalue weighted by Crippen LogP contribution is -2.18. The summed E-state index contributed by atoms with van der Waals surface area (Å²) in [6.45, 7) is 9.70. The molecule has 1 saturated carbocycles. The van der Waals surface area contributed by atoms with Crippen molar-refractivity contribution < 1.29 is 9.53 Å². The molecule has 0 aromatic heterocycles. The Bertz CT molecular complexity index is 414. The number of terminal acetylenes is 1. The first kappa shape index (κ1) is 13.4. The van der Waals surface area contributed by atoms with Crippen LogP contribution < -0.4 is 0 Å². The Hall–Kier alpha value is -1.67. The summed E-state index contributed by atoms with van der Waals surface area (Å²) < 4.78 is 5.19. The second-order valence-corrected chi connectivity index (χ2v) is 4.89. The van der Waals surface area contributed by atoms with Crippen LogP contribution in [0.5, 0.6) is 0 Å². The summed E-state index contributed by atoms with van der Waals surface area (Å²) in [5.74, 6) is 7.93. The molecule has 0 aromatic rings. The third-order valence-corrected chi connectivity index (χ3v) is 3.48. The molecule has 0 saturated heterocycles. The molecule has 1 aliphatic carbocycles. The summed E-state index contributed by atoms with van der Waals surface area (Å²) in [5.41, 5.74) is 0.0186. The Labute approximate surface area is 103 Å². The summed E-state index contributed by atoms with van der Waals surface area (Å²) in [7, 11) is 0. The molecule has 0 heterocycles. The van der Waals surface area contributed by atoms with E-state index in [9.17, 15) is 4.79 Å². The third-order valence-electron chi connectivity index (χ3n) is 3.48. The van der Waals surface area contributed by atoms with E-state index in [1.54, 1.807) is 6.08 Å². The van der Waals surface area contributed by atoms with Crippen LogP contribution in [0.2, 0.25) is 0 Å². The zero-order chi connectivity index (χ0) is 13.1. The number of ether oxygens (including phenoxy) is 1. The number of hydrogen-bond acceptors (Lipinski definition) is 2. The predicted octanol–water partition coefficient (Wildman–Crippen LogP) is 2.40. The molecule has 2 nitrogen and oxygen atoms in total. The highest BCUT2D eigenvalue weighted by atomic mass is 16.5. The second-order valence-electron chi connectivity index (χ2n) is 4.89. The molecular weight excluding hydrogens is 212 g/mol. The van der Waals surface area contributed by atoms with E-state index in [0.29, 0.717) is 12.3 Å². The van der Waals surface area contributed by atoms with E-state index in [4.69, 9.17) is 11.2 Å². The Morgan fingerprint density at radius 1 is 1.65 bits per heavy atom. The molecule has 3 atom stereocenters. The number of allylic oxidation sites excluding steroid dienone is 1. The quantitative estimate of drug-likeness (QED) is 0.423. The first-order valence-corrected chi connectivity index (χ1v) is 5.71. The van der Waals surface area contributed by atoms with E-state index < -0.39 is 6.10 Å². The minimum absolute atomic E-state index is 0.0186. The van der Waals surface area contributed by atoms with Crippen molar-refractivity contribution in [1.29, 1.82) is 0 Å². The topological polar surface area (TPSA) is 26.3 Å². The average Bonchev–Trinajstić information content (AvgIpc) is 2.77. The van der Waals surface area contributed by atoms with Gasteiger partial charge in [0.15, 0.2) is 0 Å². The van der Waals surface area contributed by atoms with E-state index in [1.165, 1.54) is 0 Å². The summed E-state index contributed by atoms with van der Waals surface area (Å²) >= 11 is 0. The van der Waals surface area contributed by atoms with Gasteiger partial charge in [0.2, 0.25) is 6.10 Å². The van der Waals surface area contributed by atoms with Gasteiger partial charge < -0.3 is 4.74 Å². The van der Waals surface area contributed by atoms with Crippen LogP contribution in [0.3, 0.4) is 0 Å². The van der Waals surface area contributed by atoms with E-state index in [0.717, 1.165) is 0 Å². The maximum Gasteiger partial charge on any atom is 0.311 e. The summed E-state index contributed by atoms with van der Waals surface area (Å²) in [6.07, 6.45) is 6.74. The van der Waals surface area contributed by atoms with E-state index in [2.05, 4.69) is 38.2 Å². The first-order valence-electron chi connectivity index (χ1n) is 5.71. The minimum atomic E-state index is -0.744. The zero-order valence-corrected chi connectivity index (χ0v) is 10.6. The van der Waals surface area contributed by atoms with Crippen LogP contribution >= 0.6 is 0 Å². The van der Waals surface area contributed by atoms with Gasteiger partial charge in [-0.15, -0.1) is 13.0 Å². The molecule has 1 aliphatic rings. The molecule has 1 rings (SSSR count). The number of esters is 1. The second kappa shape index (κ2) is 5.11. The van der Waals surface area contributed by atoms with Crippen LogP contribution in [0.4, 0.5) is 0 Å². The van der Waals surface area contributed by atoms with Crippen LogP contribution in [-0.2, 0) is 9.53 Å². The highest BCUT2D eigenvalue weighted by molar-refractivity contribution is 5.78. The predicted molar refractivity (Wildman–Crippen MR) is 67.7 cm³/mol. The van der Waals surface area contributed by atoms with Gasteiger partial charge in [-0.25, -0.2) is 0 Å². The SMILES string of the molecule is C#CC(C#CCC=C)OC(=O)C1C(C)C1(C)C. The van der Waals surface area contributed by atoms with Gasteiger partial charge in [0.05, 0.1) is 5.92 Å². The van der Waals surface area contributed by atoms with Crippen LogP contribution in [0.25, 0.3) is 0 Å². The largest absolute Gasteiger partial charge is 0.437 e. The lowest BCUT2D eigenvalue weighted by Gasteiger charge is -2.07. The minimum Gasteiger partial charge on any atom is -0.437 e. The van der Waals surface area contributed by atoms with Crippen molar-refractivity contribution in [2.45, 2.75) is 33.3 Å². The molecule has 0 bridgehead atoms. The molecule has 1 fully saturated rings. The van der Waals surface area contributed by atoms with Crippen LogP contribution in [0.1, 0.15) is 27.2 Å². The van der Waals surface area contributed by atoms with Crippen LogP contribution in [0.15, 0.2) is 12.7 Å². The molecule has 0 aliphatic heterocycles. The van der Waals surface area contributed by atoms with Crippen molar-refractivity contribution in [3.8, 4) is 24.2 Å². The van der Waals surface area contributed by atoms with Gasteiger partial charge in [0, 0.05) is 6.42 Å². The van der Waals surface area contributed by atoms with Crippen molar-refractivity contribution in [3.05, 3.63) is 12.7 Å². The Morgan fingerprint density at radius 3 is 2.65 bits per heavy atom. The van der Waals surface area contributed by atoms with Gasteiger partial charge in [-0.3, -0.25) is 4.79 Å². The fourth-order valence-electron chi connectivity index (χ4n) is 1.92. The molecule has 3 unspecified atom stereocenters. The van der Waals surface area contributed by atoms with Crippen molar-refractivity contribution in [3.63, 3.8) is 0 Å². The van der Waals surface area contributed by atoms with Gasteiger partial charge >= 0.3 is 5.97 Å². The first-order chi connectivity index (χ1) is 7.95. The molecule has 0 N–H and O–H groups in total. The monoisotopic (exact) mass is 230 g/mol. The Kier molecular flexibility index (Phi) is 4.02. The summed E-state index contributed by atoms with van der Waals surface area (Å²) in [5, 5.41) is 0. The molecule has 0 amide bonds. The molecular formula is C15H18O2. The fraction of sp³-hybridized carbons (Fsp3) is 0.533. The third kappa shape index (κ3) is 2.92. The van der Waals surface area contributed by atoms with Gasteiger partial charge in [0.1, 0.15) is 0 Å². The molecule has 0 spiro atoms. The van der Waals surface area contributed by atoms with Gasteiger partial charge in [-0.05, 0) is 23.2 Å². The highest BCUT2D eigenvalue weighted by Gasteiger charge is 2.60. The highest BCUT2D eigenvalue weighted by Crippen LogP contribution is 2.58. The Balaban J connectivity index is 2.55. The number of carbonyl (C=O) groups is 1. The number of rotatable bonds is 3. The average molecular weight is 230 g/mol. The molecule has 17 heavy (non-hydrogen) atoms. The molecule has 0 radical (unpaired) electrons. The Morgan fingerprint density at radius 2 is 2.24 bits per heavy atom. The lowest BCUT2D eigenvalue weighted by atomic mass is 10.1. The van der Waals surface area contributed by atoms with Crippen LogP contribution in [0, 0.1) is 41.4 Å². The number of hydrogen-bond donors (Lipinski definition) is 0. The van der Waals surface area contributed by atoms with Crippen molar-refractivity contribution in [1.82, 2.24) is 0 Å². The molecule has 90 valence electrons. The van der Waals surface area contributed by atoms with E-state index in [1.807, 2.05) is 6.92 Å². The van der Waals surface area contributed by atoms with Gasteiger partial charge in [0.25, 0.3) is 0 Å². The normalized spacial score (nSPS) is 25.8. The van der Waals surface area contributed by atoms with Crippen LogP contribution in [-0.4, -0.2) is 12.1 Å². The van der Waals surface area contributed by atoms with Gasteiger partial charge in [-0.2, -0.15) is 0 Å². The van der Waals surface area contributed by atoms with Crippen molar-refractivity contribution in [2.24, 2.45) is 17.3 Å². The maximum atomic E-state index is 11.8. The van der Waals surface area contributed by atoms with Crippen molar-refractivity contribution in [2.75, 3.05) is 0 Å². The number of carbonyl (C=O) groups excluding carboxylic acids is 1. The molecule has 0 aromatic carbocycles. The standard InChI is InChI=1S/C15H18O2/c1-6-8-9-10-12(7-2)17-14(16)13-11(3)15(13,4)5/h2,6,11-13H,1,8H2,3-5H3. The summed E-state index contributed by atoms with van der Waals surface area (Å²) in [4.78, 5) is 11.8. The maximum absolute atomic E-state index is 11.8. The van der Waals surface area contributed by atoms with Gasteiger partial charge in [-0.1, -0.05) is 32.8 Å². The van der Waals surface area contributed by atoms with E-state index in [-0.39, 0.29) is 17.3 Å². The smallest absolute Gasteiger partial charge is 0.311 e.